The minimum atomic E-state index is -0.379. The molecule has 0 spiro atoms. The Balaban J connectivity index is 0.000001000. The van der Waals surface area contributed by atoms with Crippen LogP contribution in [0.3, 0.4) is 0 Å². The van der Waals surface area contributed by atoms with Crippen LogP contribution in [0, 0.1) is 17.0 Å². The van der Waals surface area contributed by atoms with Gasteiger partial charge < -0.3 is 5.21 Å². The van der Waals surface area contributed by atoms with Crippen molar-refractivity contribution in [2.45, 2.75) is 0 Å². The first kappa shape index (κ1) is 9.84. The summed E-state index contributed by atoms with van der Waals surface area (Å²) in [4.78, 5) is 9.98. The quantitative estimate of drug-likeness (QED) is 0.0956. The third-order valence-electron chi connectivity index (χ3n) is 0.912. The van der Waals surface area contributed by atoms with Gasteiger partial charge in [0.25, 0.3) is 0 Å². The predicted octanol–water partition coefficient (Wildman–Crippen LogP) is -3.53. The summed E-state index contributed by atoms with van der Waals surface area (Å²) in [5.41, 5.74) is -0.125. The maximum atomic E-state index is 10.4. The molecule has 0 saturated heterocycles. The second-order valence-electron chi connectivity index (χ2n) is 1.61. The molecule has 0 aromatic rings. The number of hydrogen-bond acceptors (Lipinski definition) is 3. The van der Waals surface area contributed by atoms with Crippen LogP contribution in [0.25, 0.3) is 0 Å². The topological polar surface area (TPSA) is 63.4 Å². The fourth-order valence-corrected chi connectivity index (χ4v) is 0.475. The second-order valence-corrected chi connectivity index (χ2v) is 1.61. The second kappa shape index (κ2) is 3.87. The molecule has 0 heterocycles. The van der Waals surface area contributed by atoms with Crippen molar-refractivity contribution in [3.05, 3.63) is 17.4 Å². The smallest absolute Gasteiger partial charge is 0.416 e. The zero-order valence-electron chi connectivity index (χ0n) is 5.87. The third-order valence-corrected chi connectivity index (χ3v) is 0.912. The summed E-state index contributed by atoms with van der Waals surface area (Å²) in [5.74, 6) is 3.89. The zero-order chi connectivity index (χ0) is 7.56. The zero-order valence-corrected chi connectivity index (χ0v) is 5.87. The molecule has 50 valence electrons. The Labute approximate surface area is 74.9 Å². The normalized spacial score (nSPS) is 18.0. The molecule has 0 aliphatic heterocycles. The van der Waals surface area contributed by atoms with Crippen LogP contribution in [0.15, 0.2) is 12.2 Å². The van der Waals surface area contributed by atoms with Crippen molar-refractivity contribution in [2.24, 2.45) is 0 Å². The Kier molecular flexibility index (Phi) is 3.46. The molecule has 11 heavy (non-hydrogen) atoms. The Morgan fingerprint density at radius 1 is 1.45 bits per heavy atom. The number of allylic oxidation sites excluding steroid dienone is 2. The summed E-state index contributed by atoms with van der Waals surface area (Å²) in [6.45, 7) is 0. The van der Waals surface area contributed by atoms with E-state index in [1.165, 1.54) is 0 Å². The van der Waals surface area contributed by atoms with Crippen LogP contribution in [0.5, 0.6) is 0 Å². The first-order valence-corrected chi connectivity index (χ1v) is 2.47. The van der Waals surface area contributed by atoms with Gasteiger partial charge in [0.05, 0.1) is 4.90 Å². The van der Waals surface area contributed by atoms with E-state index in [0.717, 1.165) is 12.2 Å². The van der Waals surface area contributed by atoms with Gasteiger partial charge in [0, 0.05) is 18.1 Å². The van der Waals surface area contributed by atoms with E-state index in [-0.39, 0.29) is 35.3 Å². The van der Waals surface area contributed by atoms with Crippen LogP contribution >= 0.6 is 0 Å². The molecule has 1 rings (SSSR count). The summed E-state index contributed by atoms with van der Waals surface area (Å²) in [6.07, 6.45) is 2.28. The molecule has 0 aromatic heterocycles. The largest absolute Gasteiger partial charge is 1.00 e. The van der Waals surface area contributed by atoms with Gasteiger partial charge in [-0.1, -0.05) is 0 Å². The van der Waals surface area contributed by atoms with Crippen LogP contribution in [0.1, 0.15) is 0 Å². The van der Waals surface area contributed by atoms with Gasteiger partial charge in [0.2, 0.25) is 5.78 Å². The van der Waals surface area contributed by atoms with Crippen molar-refractivity contribution in [3.8, 4) is 11.8 Å². The van der Waals surface area contributed by atoms with Crippen LogP contribution in [0.2, 0.25) is 0 Å². The third kappa shape index (κ3) is 2.51. The van der Waals surface area contributed by atoms with Crippen molar-refractivity contribution in [2.75, 3.05) is 0 Å². The fourth-order valence-electron chi connectivity index (χ4n) is 0.475. The Morgan fingerprint density at radius 2 is 2.09 bits per heavy atom. The monoisotopic (exact) mass is 144 g/mol. The number of rotatable bonds is 0. The molecule has 0 fully saturated rings. The average Bonchev–Trinajstić information content (AvgIpc) is 1.88. The standard InChI is InChI=1S/C6H3NO3.Li/c8-6-3-1-5(2-4-6)7(9)10;/h1,3H,(H,9,10);/q;+1. The number of carbonyl (C=O) groups excluding carboxylic acids is 1. The minimum absolute atomic E-state index is 0. The van der Waals surface area contributed by atoms with Crippen molar-refractivity contribution in [1.29, 1.82) is 0 Å². The van der Waals surface area contributed by atoms with E-state index in [9.17, 15) is 10.0 Å². The van der Waals surface area contributed by atoms with Crippen molar-refractivity contribution < 1.29 is 33.8 Å². The fraction of sp³-hybridized carbons (Fsp3) is 0. The molecule has 1 aliphatic rings. The van der Waals surface area contributed by atoms with Gasteiger partial charge in [-0.3, -0.25) is 10.0 Å². The van der Waals surface area contributed by atoms with E-state index in [0.29, 0.717) is 0 Å². The van der Waals surface area contributed by atoms with Crippen molar-refractivity contribution >= 4 is 11.5 Å². The molecular formula is C6H3LiNO3+. The first-order valence-electron chi connectivity index (χ1n) is 2.47. The van der Waals surface area contributed by atoms with Crippen LogP contribution in [0.4, 0.5) is 0 Å². The van der Waals surface area contributed by atoms with Crippen molar-refractivity contribution in [3.63, 3.8) is 0 Å². The molecular weight excluding hydrogens is 141 g/mol. The van der Waals surface area contributed by atoms with E-state index in [1.807, 2.05) is 0 Å². The van der Waals surface area contributed by atoms with E-state index in [1.54, 1.807) is 0 Å². The molecule has 5 heteroatoms. The summed E-state index contributed by atoms with van der Waals surface area (Å²) >= 11 is 0. The summed E-state index contributed by atoms with van der Waals surface area (Å²) < 4.78 is 0. The van der Waals surface area contributed by atoms with Gasteiger partial charge in [0.15, 0.2) is 0 Å². The van der Waals surface area contributed by atoms with E-state index >= 15 is 0 Å². The molecule has 0 bridgehead atoms. The predicted molar refractivity (Wildman–Crippen MR) is 32.3 cm³/mol. The minimum Gasteiger partial charge on any atom is -0.416 e. The SMILES string of the molecule is O=C1C#CC(=[N+]([O-])O)C=C1.[Li+]. The van der Waals surface area contributed by atoms with Crippen LogP contribution < -0.4 is 18.9 Å². The summed E-state index contributed by atoms with van der Waals surface area (Å²) in [5, 5.41) is 18.3. The molecule has 0 atom stereocenters. The van der Waals surface area contributed by atoms with Gasteiger partial charge in [-0.15, -0.1) is 0 Å². The number of carbonyl (C=O) groups is 1. The Morgan fingerprint density at radius 3 is 2.45 bits per heavy atom. The van der Waals surface area contributed by atoms with Crippen LogP contribution in [-0.4, -0.2) is 21.6 Å². The molecule has 0 radical (unpaired) electrons. The Bertz CT molecular complexity index is 291. The van der Waals surface area contributed by atoms with Gasteiger partial charge >= 0.3 is 24.6 Å². The average molecular weight is 144 g/mol. The van der Waals surface area contributed by atoms with Crippen LogP contribution in [-0.2, 0) is 4.79 Å². The molecule has 0 unspecified atom stereocenters. The molecule has 0 aromatic carbocycles. The van der Waals surface area contributed by atoms with Gasteiger partial charge in [-0.05, 0) is 5.92 Å². The van der Waals surface area contributed by atoms with E-state index in [4.69, 9.17) is 5.21 Å². The van der Waals surface area contributed by atoms with Gasteiger partial charge in [0.1, 0.15) is 0 Å². The number of ketones is 1. The first-order chi connectivity index (χ1) is 4.70. The molecule has 1 aliphatic carbocycles. The summed E-state index contributed by atoms with van der Waals surface area (Å²) in [7, 11) is 0. The Hall–Kier alpha value is -1.16. The number of nitrogens with zero attached hydrogens (tertiary/aromatic N) is 1. The van der Waals surface area contributed by atoms with E-state index < -0.39 is 0 Å². The van der Waals surface area contributed by atoms with Gasteiger partial charge in [-0.2, -0.15) is 0 Å². The summed E-state index contributed by atoms with van der Waals surface area (Å²) in [6, 6.07) is 0. The molecule has 0 amide bonds. The maximum absolute atomic E-state index is 10.4. The van der Waals surface area contributed by atoms with Gasteiger partial charge in [-0.25, -0.2) is 0 Å². The van der Waals surface area contributed by atoms with E-state index in [2.05, 4.69) is 11.8 Å². The molecule has 4 nitrogen and oxygen atoms in total. The van der Waals surface area contributed by atoms with Crippen molar-refractivity contribution in [1.82, 2.24) is 0 Å². The maximum Gasteiger partial charge on any atom is 1.00 e. The molecule has 1 N–H and O–H groups in total. The molecule has 0 saturated carbocycles. The number of hydrogen-bond donors (Lipinski definition) is 1.